The SMILES string of the molecule is COc1ccc(Cc2nnc(SCc3nnc(-c4cccs4)o3)n2N)cc1. The molecule has 8 nitrogen and oxygen atoms in total. The number of methoxy groups -OCH3 is 1. The van der Waals surface area contributed by atoms with E-state index < -0.39 is 0 Å². The van der Waals surface area contributed by atoms with E-state index >= 15 is 0 Å². The molecule has 0 saturated carbocycles. The quantitative estimate of drug-likeness (QED) is 0.373. The van der Waals surface area contributed by atoms with Crippen LogP contribution in [0.5, 0.6) is 5.75 Å². The minimum Gasteiger partial charge on any atom is -0.497 e. The molecule has 0 aliphatic heterocycles. The zero-order valence-corrected chi connectivity index (χ0v) is 16.0. The van der Waals surface area contributed by atoms with E-state index in [-0.39, 0.29) is 0 Å². The van der Waals surface area contributed by atoms with Crippen molar-refractivity contribution < 1.29 is 9.15 Å². The summed E-state index contributed by atoms with van der Waals surface area (Å²) in [5, 5.41) is 19.0. The maximum absolute atomic E-state index is 6.13. The molecule has 0 saturated heterocycles. The van der Waals surface area contributed by atoms with Gasteiger partial charge in [0, 0.05) is 6.42 Å². The van der Waals surface area contributed by atoms with E-state index in [1.807, 2.05) is 41.8 Å². The van der Waals surface area contributed by atoms with Crippen LogP contribution in [-0.4, -0.2) is 32.2 Å². The van der Waals surface area contributed by atoms with Crippen molar-refractivity contribution in [2.45, 2.75) is 17.3 Å². The largest absolute Gasteiger partial charge is 0.497 e. The first-order valence-corrected chi connectivity index (χ1v) is 9.91. The van der Waals surface area contributed by atoms with E-state index in [9.17, 15) is 0 Å². The predicted molar refractivity (Wildman–Crippen MR) is 103 cm³/mol. The Balaban J connectivity index is 1.40. The second-order valence-electron chi connectivity index (χ2n) is 5.56. The minimum atomic E-state index is 0.468. The van der Waals surface area contributed by atoms with Crippen LogP contribution < -0.4 is 10.6 Å². The van der Waals surface area contributed by atoms with Gasteiger partial charge in [-0.15, -0.1) is 31.7 Å². The van der Waals surface area contributed by atoms with Crippen LogP contribution in [0.2, 0.25) is 0 Å². The first-order valence-electron chi connectivity index (χ1n) is 8.04. The van der Waals surface area contributed by atoms with E-state index in [1.165, 1.54) is 16.4 Å². The van der Waals surface area contributed by atoms with Gasteiger partial charge in [-0.1, -0.05) is 30.0 Å². The number of nitrogens with zero attached hydrogens (tertiary/aromatic N) is 5. The lowest BCUT2D eigenvalue weighted by Crippen LogP contribution is -2.14. The third-order valence-corrected chi connectivity index (χ3v) is 5.57. The molecule has 0 amide bonds. The average Bonchev–Trinajstić information content (AvgIpc) is 3.43. The second kappa shape index (κ2) is 7.80. The highest BCUT2D eigenvalue weighted by atomic mass is 32.2. The van der Waals surface area contributed by atoms with Gasteiger partial charge in [-0.05, 0) is 29.1 Å². The lowest BCUT2D eigenvalue weighted by atomic mass is 10.1. The Morgan fingerprint density at radius 2 is 2.00 bits per heavy atom. The smallest absolute Gasteiger partial charge is 0.257 e. The van der Waals surface area contributed by atoms with Crippen molar-refractivity contribution in [2.24, 2.45) is 0 Å². The first kappa shape index (κ1) is 17.6. The van der Waals surface area contributed by atoms with Crippen molar-refractivity contribution in [2.75, 3.05) is 13.0 Å². The molecule has 0 aliphatic carbocycles. The van der Waals surface area contributed by atoms with Gasteiger partial charge in [-0.25, -0.2) is 4.68 Å². The molecular formula is C17H16N6O2S2. The van der Waals surface area contributed by atoms with E-state index in [2.05, 4.69) is 20.4 Å². The predicted octanol–water partition coefficient (Wildman–Crippen LogP) is 3.00. The Kier molecular flexibility index (Phi) is 5.07. The van der Waals surface area contributed by atoms with E-state index in [1.54, 1.807) is 18.4 Å². The number of nitrogen functional groups attached to an aromatic ring is 1. The zero-order chi connectivity index (χ0) is 18.6. The maximum Gasteiger partial charge on any atom is 0.257 e. The molecule has 138 valence electrons. The first-order chi connectivity index (χ1) is 13.2. The summed E-state index contributed by atoms with van der Waals surface area (Å²) in [5.41, 5.74) is 1.07. The summed E-state index contributed by atoms with van der Waals surface area (Å²) in [4.78, 5) is 0.947. The van der Waals surface area contributed by atoms with Crippen LogP contribution in [0.1, 0.15) is 17.3 Å². The molecule has 2 N–H and O–H groups in total. The molecular weight excluding hydrogens is 384 g/mol. The number of benzene rings is 1. The molecule has 3 heterocycles. The Hall–Kier alpha value is -2.85. The molecule has 0 radical (unpaired) electrons. The lowest BCUT2D eigenvalue weighted by molar-refractivity contribution is 0.414. The Morgan fingerprint density at radius 3 is 2.74 bits per heavy atom. The molecule has 10 heteroatoms. The van der Waals surface area contributed by atoms with Crippen molar-refractivity contribution in [3.63, 3.8) is 0 Å². The van der Waals surface area contributed by atoms with Gasteiger partial charge < -0.3 is 15.0 Å². The van der Waals surface area contributed by atoms with Crippen LogP contribution in [-0.2, 0) is 12.2 Å². The van der Waals surface area contributed by atoms with Crippen LogP contribution in [0.25, 0.3) is 10.8 Å². The second-order valence-corrected chi connectivity index (χ2v) is 7.45. The fraction of sp³-hybridized carbons (Fsp3) is 0.176. The zero-order valence-electron chi connectivity index (χ0n) is 14.4. The monoisotopic (exact) mass is 400 g/mol. The number of hydrogen-bond donors (Lipinski definition) is 1. The van der Waals surface area contributed by atoms with Gasteiger partial charge in [0.1, 0.15) is 5.75 Å². The number of aromatic nitrogens is 5. The summed E-state index contributed by atoms with van der Waals surface area (Å²) in [5.74, 6) is 9.13. The summed E-state index contributed by atoms with van der Waals surface area (Å²) in [6.07, 6.45) is 0.580. The molecule has 0 unspecified atom stereocenters. The van der Waals surface area contributed by atoms with Crippen molar-refractivity contribution >= 4 is 23.1 Å². The molecule has 0 spiro atoms. The summed E-state index contributed by atoms with van der Waals surface area (Å²) in [6, 6.07) is 11.7. The van der Waals surface area contributed by atoms with Crippen molar-refractivity contribution in [1.82, 2.24) is 25.1 Å². The standard InChI is InChI=1S/C17H16N6O2S2/c1-24-12-6-4-11(5-7-12)9-14-19-22-17(23(14)18)27-10-15-20-21-16(25-15)13-3-2-8-26-13/h2-8H,9-10,18H2,1H3. The Bertz CT molecular complexity index is 1010. The number of thioether (sulfide) groups is 1. The van der Waals surface area contributed by atoms with Crippen molar-refractivity contribution in [3.05, 3.63) is 59.1 Å². The number of hydrogen-bond acceptors (Lipinski definition) is 9. The van der Waals surface area contributed by atoms with Gasteiger partial charge in [-0.2, -0.15) is 0 Å². The Morgan fingerprint density at radius 1 is 1.15 bits per heavy atom. The molecule has 0 aliphatic rings. The minimum absolute atomic E-state index is 0.468. The fourth-order valence-corrected chi connectivity index (χ4v) is 3.75. The highest BCUT2D eigenvalue weighted by Gasteiger charge is 2.14. The third kappa shape index (κ3) is 3.96. The van der Waals surface area contributed by atoms with Gasteiger partial charge in [0.2, 0.25) is 11.0 Å². The van der Waals surface area contributed by atoms with Crippen LogP contribution >= 0.6 is 23.1 Å². The molecule has 4 rings (SSSR count). The van der Waals surface area contributed by atoms with Crippen LogP contribution in [0, 0.1) is 0 Å². The number of thiophene rings is 1. The number of rotatable bonds is 7. The van der Waals surface area contributed by atoms with Crippen LogP contribution in [0.3, 0.4) is 0 Å². The summed E-state index contributed by atoms with van der Waals surface area (Å²) >= 11 is 2.96. The van der Waals surface area contributed by atoms with Crippen molar-refractivity contribution in [3.8, 4) is 16.5 Å². The summed E-state index contributed by atoms with van der Waals surface area (Å²) in [7, 11) is 1.64. The average molecular weight is 400 g/mol. The van der Waals surface area contributed by atoms with Gasteiger partial charge in [0.05, 0.1) is 17.7 Å². The van der Waals surface area contributed by atoms with Gasteiger partial charge in [0.15, 0.2) is 5.82 Å². The normalized spacial score (nSPS) is 11.0. The Labute approximate surface area is 163 Å². The number of nitrogens with two attached hydrogens (primary N) is 1. The van der Waals surface area contributed by atoms with Crippen molar-refractivity contribution in [1.29, 1.82) is 0 Å². The maximum atomic E-state index is 6.13. The van der Waals surface area contributed by atoms with Gasteiger partial charge in [0.25, 0.3) is 5.89 Å². The molecule has 0 fully saturated rings. The van der Waals surface area contributed by atoms with E-state index in [0.717, 1.165) is 16.2 Å². The number of ether oxygens (including phenoxy) is 1. The topological polar surface area (TPSA) is 105 Å². The van der Waals surface area contributed by atoms with Gasteiger partial charge >= 0.3 is 0 Å². The van der Waals surface area contributed by atoms with E-state index in [0.29, 0.717) is 34.9 Å². The molecule has 3 aromatic heterocycles. The fourth-order valence-electron chi connectivity index (χ4n) is 2.39. The highest BCUT2D eigenvalue weighted by molar-refractivity contribution is 7.98. The molecule has 4 aromatic rings. The lowest BCUT2D eigenvalue weighted by Gasteiger charge is -2.04. The van der Waals surface area contributed by atoms with Gasteiger partial charge in [-0.3, -0.25) is 0 Å². The third-order valence-electron chi connectivity index (χ3n) is 3.78. The summed E-state index contributed by atoms with van der Waals surface area (Å²) in [6.45, 7) is 0. The highest BCUT2D eigenvalue weighted by Crippen LogP contribution is 2.26. The van der Waals surface area contributed by atoms with E-state index in [4.69, 9.17) is 15.0 Å². The molecule has 1 aromatic carbocycles. The molecule has 27 heavy (non-hydrogen) atoms. The molecule has 0 atom stereocenters. The molecule has 0 bridgehead atoms. The van der Waals surface area contributed by atoms with Crippen LogP contribution in [0.15, 0.2) is 51.4 Å². The van der Waals surface area contributed by atoms with Crippen LogP contribution in [0.4, 0.5) is 0 Å². The summed E-state index contributed by atoms with van der Waals surface area (Å²) < 4.78 is 12.3.